The van der Waals surface area contributed by atoms with E-state index in [0.29, 0.717) is 75.0 Å². The number of nitrogens with one attached hydrogen (secondary N) is 2. The van der Waals surface area contributed by atoms with Gasteiger partial charge in [-0.1, -0.05) is 143 Å². The Hall–Kier alpha value is -10.4. The lowest BCUT2D eigenvalue weighted by Crippen LogP contribution is -2.51. The summed E-state index contributed by atoms with van der Waals surface area (Å²) in [4.78, 5) is 122. The number of imide groups is 2. The molecule has 0 aliphatic carbocycles. The third-order valence-electron chi connectivity index (χ3n) is 19.9. The molecule has 20 heteroatoms. The molecule has 6 amide bonds. The van der Waals surface area contributed by atoms with Crippen molar-refractivity contribution in [1.82, 2.24) is 20.4 Å². The molecular weight excluding hydrogens is 1320 g/mol. The van der Waals surface area contributed by atoms with E-state index in [1.54, 1.807) is 24.3 Å². The fourth-order valence-electron chi connectivity index (χ4n) is 13.8. The summed E-state index contributed by atoms with van der Waals surface area (Å²) < 4.78 is 51.3. The van der Waals surface area contributed by atoms with Crippen molar-refractivity contribution in [3.63, 3.8) is 0 Å². The van der Waals surface area contributed by atoms with Gasteiger partial charge < -0.3 is 48.5 Å². The Kier molecular flexibility index (Phi) is 21.1. The first-order valence-electron chi connectivity index (χ1n) is 36.4. The van der Waals surface area contributed by atoms with Crippen LogP contribution in [-0.4, -0.2) is 121 Å². The van der Waals surface area contributed by atoms with E-state index in [1.807, 2.05) is 111 Å². The SMILES string of the molecule is CCCCC(C(=O)OCCC(=O)NCC1CO1)N1C(=O)c2cc(Oc3ccc(C(C)C)cc3)c3c4c(Oc5ccc(C(C)C)cc5)cc5c6c(cc(Oc7ccc(C(C)C)cc7)c(c7c(Oc8ccc(C(C)C)cc8)cc(c2c37)C1=O)c64)C(=O)N(C(CCCC)C(=O)OCCC(=O)NCC1CO1)C5=O. The van der Waals surface area contributed by atoms with E-state index in [4.69, 9.17) is 37.9 Å². The normalized spacial score (nSPS) is 16.0. The van der Waals surface area contributed by atoms with Crippen molar-refractivity contribution in [3.05, 3.63) is 166 Å². The van der Waals surface area contributed by atoms with Crippen molar-refractivity contribution in [2.45, 2.75) is 169 Å². The molecule has 4 aliphatic heterocycles. The highest BCUT2D eigenvalue weighted by Crippen LogP contribution is 2.58. The number of unbranched alkanes of at least 4 members (excludes halogenated alkanes) is 2. The van der Waals surface area contributed by atoms with Gasteiger partial charge in [-0.25, -0.2) is 9.59 Å². The van der Waals surface area contributed by atoms with E-state index in [9.17, 15) is 19.2 Å². The van der Waals surface area contributed by atoms with Crippen LogP contribution in [0.5, 0.6) is 46.0 Å². The largest absolute Gasteiger partial charge is 0.464 e. The monoisotopic (exact) mass is 1410 g/mol. The van der Waals surface area contributed by atoms with Crippen LogP contribution in [0.3, 0.4) is 0 Å². The summed E-state index contributed by atoms with van der Waals surface area (Å²) in [7, 11) is 0. The summed E-state index contributed by atoms with van der Waals surface area (Å²) >= 11 is 0. The molecule has 13 rings (SSSR count). The van der Waals surface area contributed by atoms with E-state index in [1.165, 1.54) is 0 Å². The maximum Gasteiger partial charge on any atom is 0.329 e. The quantitative estimate of drug-likeness (QED) is 0.0131. The van der Waals surface area contributed by atoms with Crippen molar-refractivity contribution < 1.29 is 76.3 Å². The van der Waals surface area contributed by atoms with Gasteiger partial charge in [-0.15, -0.1) is 0 Å². The number of epoxide rings is 2. The van der Waals surface area contributed by atoms with Gasteiger partial charge in [-0.2, -0.15) is 0 Å². The Labute approximate surface area is 604 Å². The summed E-state index contributed by atoms with van der Waals surface area (Å²) in [5.74, 6) is -3.63. The van der Waals surface area contributed by atoms with Crippen LogP contribution in [0, 0.1) is 0 Å². The Balaban J connectivity index is 1.12. The van der Waals surface area contributed by atoms with E-state index < -0.39 is 47.7 Å². The zero-order chi connectivity index (χ0) is 73.4. The number of esters is 2. The summed E-state index contributed by atoms with van der Waals surface area (Å²) in [6, 6.07) is 33.4. The Morgan fingerprint density at radius 3 is 0.894 bits per heavy atom. The molecule has 0 radical (unpaired) electrons. The van der Waals surface area contributed by atoms with Crippen LogP contribution >= 0.6 is 0 Å². The minimum absolute atomic E-state index is 0.0203. The van der Waals surface area contributed by atoms with Gasteiger partial charge in [0.2, 0.25) is 11.8 Å². The van der Waals surface area contributed by atoms with Crippen LogP contribution in [0.1, 0.15) is 208 Å². The molecular formula is C84H88N4O16. The predicted molar refractivity (Wildman–Crippen MR) is 394 cm³/mol. The third-order valence-corrected chi connectivity index (χ3v) is 19.9. The average molecular weight is 1410 g/mol. The van der Waals surface area contributed by atoms with E-state index in [-0.39, 0.29) is 175 Å². The Morgan fingerprint density at radius 1 is 0.404 bits per heavy atom. The molecule has 0 saturated carbocycles. The molecule has 2 fully saturated rings. The lowest BCUT2D eigenvalue weighted by atomic mass is 9.80. The van der Waals surface area contributed by atoms with E-state index in [0.717, 1.165) is 32.1 Å². The first kappa shape index (κ1) is 71.9. The van der Waals surface area contributed by atoms with Crippen LogP contribution in [0.15, 0.2) is 121 Å². The van der Waals surface area contributed by atoms with Gasteiger partial charge in [0.1, 0.15) is 71.3 Å². The van der Waals surface area contributed by atoms with Crippen molar-refractivity contribution in [2.75, 3.05) is 39.5 Å². The van der Waals surface area contributed by atoms with Crippen molar-refractivity contribution in [3.8, 4) is 46.0 Å². The average Bonchev–Trinajstić information content (AvgIpc) is 1.62. The highest BCUT2D eigenvalue weighted by Gasteiger charge is 2.47. The van der Waals surface area contributed by atoms with Gasteiger partial charge in [-0.3, -0.25) is 38.6 Å². The molecule has 0 bridgehead atoms. The summed E-state index contributed by atoms with van der Waals surface area (Å²) in [5.41, 5.74) is 3.96. The van der Waals surface area contributed by atoms with E-state index in [2.05, 4.69) is 66.0 Å². The minimum atomic E-state index is -1.47. The van der Waals surface area contributed by atoms with E-state index >= 15 is 19.2 Å². The molecule has 9 aromatic carbocycles. The molecule has 4 heterocycles. The number of carbonyl (C=O) groups is 8. The second kappa shape index (κ2) is 30.5. The lowest BCUT2D eigenvalue weighted by molar-refractivity contribution is -0.150. The molecule has 9 aromatic rings. The fourth-order valence-corrected chi connectivity index (χ4v) is 13.8. The van der Waals surface area contributed by atoms with Gasteiger partial charge in [-0.05, 0) is 132 Å². The summed E-state index contributed by atoms with van der Waals surface area (Å²) in [6.45, 7) is 21.5. The van der Waals surface area contributed by atoms with Crippen LogP contribution in [0.25, 0.3) is 43.1 Å². The molecule has 20 nitrogen and oxygen atoms in total. The predicted octanol–water partition coefficient (Wildman–Crippen LogP) is 16.6. The number of nitrogens with zero attached hydrogens (tertiary/aromatic N) is 2. The van der Waals surface area contributed by atoms with Gasteiger partial charge in [0.25, 0.3) is 23.6 Å². The molecule has 104 heavy (non-hydrogen) atoms. The number of benzene rings is 9. The molecule has 4 aliphatic rings. The van der Waals surface area contributed by atoms with Gasteiger partial charge >= 0.3 is 11.9 Å². The zero-order valence-corrected chi connectivity index (χ0v) is 60.5. The number of fused-ring (bicyclic) bond motifs is 2. The third kappa shape index (κ3) is 14.8. The summed E-state index contributed by atoms with van der Waals surface area (Å²) in [6.07, 6.45) is 1.51. The number of carbonyl (C=O) groups excluding carboxylic acids is 8. The lowest BCUT2D eigenvalue weighted by Gasteiger charge is -2.35. The Morgan fingerprint density at radius 2 is 0.663 bits per heavy atom. The maximum atomic E-state index is 16.3. The first-order chi connectivity index (χ1) is 50.1. The number of rotatable bonds is 32. The number of amides is 6. The van der Waals surface area contributed by atoms with Crippen LogP contribution in [-0.2, 0) is 38.1 Å². The number of ether oxygens (including phenoxy) is 8. The fraction of sp³-hybridized carbons (Fsp3) is 0.381. The van der Waals surface area contributed by atoms with Crippen LogP contribution in [0.2, 0.25) is 0 Å². The van der Waals surface area contributed by atoms with Crippen molar-refractivity contribution in [2.24, 2.45) is 0 Å². The smallest absolute Gasteiger partial charge is 0.329 e. The molecule has 2 N–H and O–H groups in total. The molecule has 540 valence electrons. The van der Waals surface area contributed by atoms with Crippen molar-refractivity contribution >= 4 is 90.5 Å². The second-order valence-electron chi connectivity index (χ2n) is 28.6. The molecule has 4 atom stereocenters. The Bertz CT molecular complexity index is 4270. The second-order valence-corrected chi connectivity index (χ2v) is 28.6. The summed E-state index contributed by atoms with van der Waals surface area (Å²) in [5, 5.41) is 7.52. The highest BCUT2D eigenvalue weighted by atomic mass is 16.6. The first-order valence-corrected chi connectivity index (χ1v) is 36.4. The number of hydrogen-bond acceptors (Lipinski definition) is 16. The van der Waals surface area contributed by atoms with Crippen molar-refractivity contribution in [1.29, 1.82) is 0 Å². The van der Waals surface area contributed by atoms with Gasteiger partial charge in [0, 0.05) is 56.2 Å². The maximum absolute atomic E-state index is 16.3. The zero-order valence-electron chi connectivity index (χ0n) is 60.5. The standard InChI is InChI=1S/C84H88N4O16/c1-11-13-15-63(83(95)97-35-33-69(89)85-41-57-43-99-57)87-79(91)59-37-65(101-53-25-17-49(18-26-53)45(3)4)73-75-67(103-55-29-21-51(22-30-55)47(7)8)39-61-72-62(82(94)88(81(61)93)64(16-14-12-2)84(96)98-36-34-70(90)86-42-58-44-100-58)40-68(104-56-31-23-52(24-32-56)48(9)10)76(78(72)75)74-66(38-60(80(87)92)71(59)77(73)74)102-54-27-19-50(20-28-54)46(5)6/h17-32,37-40,45-48,57-58,63-64H,11-16,33-36,41-44H2,1-10H3,(H,85,89)(H,86,90). The molecule has 2 saturated heterocycles. The number of hydrogen-bond donors (Lipinski definition) is 2. The molecule has 0 spiro atoms. The van der Waals surface area contributed by atoms with Crippen LogP contribution in [0.4, 0.5) is 0 Å². The molecule has 0 aromatic heterocycles. The minimum Gasteiger partial charge on any atom is -0.464 e. The van der Waals surface area contributed by atoms with Gasteiger partial charge in [0.05, 0.1) is 60.5 Å². The molecule has 4 unspecified atom stereocenters. The van der Waals surface area contributed by atoms with Crippen LogP contribution < -0.4 is 29.6 Å². The topological polar surface area (TPSA) is 248 Å². The highest BCUT2D eigenvalue weighted by molar-refractivity contribution is 6.45. The van der Waals surface area contributed by atoms with Gasteiger partial charge in [0.15, 0.2) is 0 Å².